The highest BCUT2D eigenvalue weighted by molar-refractivity contribution is 7.98. The highest BCUT2D eigenvalue weighted by Gasteiger charge is 2.14. The molecule has 1 rings (SSSR count). The van der Waals surface area contributed by atoms with Crippen LogP contribution in [0.4, 0.5) is 0 Å². The summed E-state index contributed by atoms with van der Waals surface area (Å²) in [7, 11) is 2.27. The lowest BCUT2D eigenvalue weighted by atomic mass is 10.2. The zero-order chi connectivity index (χ0) is 11.8. The van der Waals surface area contributed by atoms with Crippen molar-refractivity contribution in [1.82, 2.24) is 15.1 Å². The second kappa shape index (κ2) is 8.34. The Morgan fingerprint density at radius 3 is 2.62 bits per heavy atom. The largest absolute Gasteiger partial charge is 0.314 e. The van der Waals surface area contributed by atoms with Crippen LogP contribution in [0.1, 0.15) is 13.3 Å². The van der Waals surface area contributed by atoms with Gasteiger partial charge in [0.25, 0.3) is 0 Å². The third-order valence-corrected chi connectivity index (χ3v) is 4.15. The molecule has 0 aromatic carbocycles. The van der Waals surface area contributed by atoms with Gasteiger partial charge < -0.3 is 10.2 Å². The van der Waals surface area contributed by atoms with E-state index >= 15 is 0 Å². The van der Waals surface area contributed by atoms with E-state index in [9.17, 15) is 0 Å². The van der Waals surface area contributed by atoms with Crippen molar-refractivity contribution < 1.29 is 0 Å². The topological polar surface area (TPSA) is 18.5 Å². The molecule has 0 aromatic heterocycles. The van der Waals surface area contributed by atoms with E-state index in [0.717, 1.165) is 19.1 Å². The Morgan fingerprint density at radius 1 is 1.38 bits per heavy atom. The summed E-state index contributed by atoms with van der Waals surface area (Å²) in [6.07, 6.45) is 3.46. The van der Waals surface area contributed by atoms with Gasteiger partial charge in [-0.2, -0.15) is 11.8 Å². The van der Waals surface area contributed by atoms with Gasteiger partial charge in [0, 0.05) is 51.1 Å². The number of nitrogens with one attached hydrogen (secondary N) is 1. The van der Waals surface area contributed by atoms with Crippen LogP contribution < -0.4 is 5.32 Å². The number of thioether (sulfide) groups is 1. The molecular formula is C12H27N3S. The molecule has 0 bridgehead atoms. The summed E-state index contributed by atoms with van der Waals surface area (Å²) in [6, 6.07) is 0.748. The van der Waals surface area contributed by atoms with Crippen molar-refractivity contribution in [1.29, 1.82) is 0 Å². The second-order valence-electron chi connectivity index (χ2n) is 4.59. The molecule has 4 heteroatoms. The molecule has 1 saturated heterocycles. The van der Waals surface area contributed by atoms with Gasteiger partial charge in [0.15, 0.2) is 0 Å². The molecule has 0 radical (unpaired) electrons. The van der Waals surface area contributed by atoms with E-state index in [2.05, 4.69) is 35.3 Å². The van der Waals surface area contributed by atoms with E-state index in [1.54, 1.807) is 0 Å². The number of hydrogen-bond donors (Lipinski definition) is 1. The molecule has 1 heterocycles. The Balaban J connectivity index is 2.18. The number of rotatable bonds is 7. The maximum absolute atomic E-state index is 3.40. The molecule has 1 N–H and O–H groups in total. The molecule has 96 valence electrons. The molecular weight excluding hydrogens is 218 g/mol. The number of hydrogen-bond acceptors (Lipinski definition) is 4. The Bertz CT molecular complexity index is 172. The zero-order valence-corrected chi connectivity index (χ0v) is 11.9. The monoisotopic (exact) mass is 245 g/mol. The van der Waals surface area contributed by atoms with Crippen LogP contribution in [0.3, 0.4) is 0 Å². The van der Waals surface area contributed by atoms with Gasteiger partial charge in [0.05, 0.1) is 0 Å². The summed E-state index contributed by atoms with van der Waals surface area (Å²) in [5, 5.41) is 3.40. The molecule has 16 heavy (non-hydrogen) atoms. The average molecular weight is 245 g/mol. The first-order valence-electron chi connectivity index (χ1n) is 6.40. The summed E-state index contributed by atoms with van der Waals surface area (Å²) in [5.74, 6) is 1.26. The van der Waals surface area contributed by atoms with Gasteiger partial charge in [-0.1, -0.05) is 6.92 Å². The van der Waals surface area contributed by atoms with Gasteiger partial charge in [-0.15, -0.1) is 0 Å². The van der Waals surface area contributed by atoms with Crippen LogP contribution in [-0.2, 0) is 0 Å². The van der Waals surface area contributed by atoms with Gasteiger partial charge in [-0.3, -0.25) is 4.90 Å². The van der Waals surface area contributed by atoms with Gasteiger partial charge >= 0.3 is 0 Å². The van der Waals surface area contributed by atoms with Crippen LogP contribution in [-0.4, -0.2) is 74.2 Å². The van der Waals surface area contributed by atoms with E-state index in [1.165, 1.54) is 38.4 Å². The quantitative estimate of drug-likeness (QED) is 0.720. The maximum atomic E-state index is 3.40. The minimum Gasteiger partial charge on any atom is -0.314 e. The Labute approximate surface area is 105 Å². The molecule has 0 aromatic rings. The van der Waals surface area contributed by atoms with E-state index in [0.29, 0.717) is 0 Å². The first kappa shape index (κ1) is 14.3. The molecule has 0 amide bonds. The van der Waals surface area contributed by atoms with Gasteiger partial charge in [0.2, 0.25) is 0 Å². The molecule has 1 aliphatic rings. The minimum absolute atomic E-state index is 0.748. The smallest absolute Gasteiger partial charge is 0.0181 e. The fraction of sp³-hybridized carbons (Fsp3) is 1.00. The van der Waals surface area contributed by atoms with Crippen molar-refractivity contribution in [2.75, 3.05) is 58.3 Å². The Morgan fingerprint density at radius 2 is 2.06 bits per heavy atom. The molecule has 1 unspecified atom stereocenters. The van der Waals surface area contributed by atoms with Crippen molar-refractivity contribution in [2.45, 2.75) is 19.4 Å². The van der Waals surface area contributed by atoms with Crippen LogP contribution in [0.25, 0.3) is 0 Å². The zero-order valence-electron chi connectivity index (χ0n) is 11.0. The fourth-order valence-corrected chi connectivity index (χ4v) is 3.04. The van der Waals surface area contributed by atoms with E-state index in [-0.39, 0.29) is 0 Å². The molecule has 0 saturated carbocycles. The van der Waals surface area contributed by atoms with Crippen LogP contribution >= 0.6 is 11.8 Å². The van der Waals surface area contributed by atoms with E-state index in [4.69, 9.17) is 0 Å². The number of likely N-dealkylation sites (N-methyl/N-ethyl adjacent to an activating group) is 1. The van der Waals surface area contributed by atoms with Crippen molar-refractivity contribution in [3.8, 4) is 0 Å². The Kier molecular flexibility index (Phi) is 7.45. The van der Waals surface area contributed by atoms with Crippen molar-refractivity contribution >= 4 is 11.8 Å². The summed E-state index contributed by atoms with van der Waals surface area (Å²) < 4.78 is 0. The van der Waals surface area contributed by atoms with Crippen LogP contribution in [0, 0.1) is 0 Å². The lowest BCUT2D eigenvalue weighted by molar-refractivity contribution is 0.182. The second-order valence-corrected chi connectivity index (χ2v) is 5.50. The fourth-order valence-electron chi connectivity index (χ4n) is 2.17. The summed E-state index contributed by atoms with van der Waals surface area (Å²) >= 11 is 1.96. The minimum atomic E-state index is 0.748. The molecule has 1 aliphatic heterocycles. The highest BCUT2D eigenvalue weighted by Crippen LogP contribution is 2.08. The Hall–Kier alpha value is 0.230. The highest BCUT2D eigenvalue weighted by atomic mass is 32.2. The van der Waals surface area contributed by atoms with Crippen molar-refractivity contribution in [3.63, 3.8) is 0 Å². The van der Waals surface area contributed by atoms with Crippen LogP contribution in [0.15, 0.2) is 0 Å². The molecule has 1 fully saturated rings. The van der Waals surface area contributed by atoms with Gasteiger partial charge in [-0.25, -0.2) is 0 Å². The SMILES string of the molecule is CCC(CSC)N(C)CCN1CCNCC1. The molecule has 3 nitrogen and oxygen atoms in total. The van der Waals surface area contributed by atoms with Crippen molar-refractivity contribution in [2.24, 2.45) is 0 Å². The summed E-state index contributed by atoms with van der Waals surface area (Å²) in [5.41, 5.74) is 0. The van der Waals surface area contributed by atoms with Crippen molar-refractivity contribution in [3.05, 3.63) is 0 Å². The van der Waals surface area contributed by atoms with E-state index in [1.807, 2.05) is 11.8 Å². The third-order valence-electron chi connectivity index (χ3n) is 3.43. The third kappa shape index (κ3) is 5.04. The molecule has 1 atom stereocenters. The normalized spacial score (nSPS) is 20.2. The lowest BCUT2D eigenvalue weighted by Gasteiger charge is -2.32. The maximum Gasteiger partial charge on any atom is 0.0181 e. The van der Waals surface area contributed by atoms with E-state index < -0.39 is 0 Å². The van der Waals surface area contributed by atoms with Crippen LogP contribution in [0.5, 0.6) is 0 Å². The summed E-state index contributed by atoms with van der Waals surface area (Å²) in [6.45, 7) is 9.47. The summed E-state index contributed by atoms with van der Waals surface area (Å²) in [4.78, 5) is 5.09. The molecule has 0 spiro atoms. The number of nitrogens with zero attached hydrogens (tertiary/aromatic N) is 2. The van der Waals surface area contributed by atoms with Gasteiger partial charge in [0.1, 0.15) is 0 Å². The molecule has 0 aliphatic carbocycles. The predicted molar refractivity (Wildman–Crippen MR) is 74.4 cm³/mol. The van der Waals surface area contributed by atoms with Crippen LogP contribution in [0.2, 0.25) is 0 Å². The number of piperazine rings is 1. The van der Waals surface area contributed by atoms with Gasteiger partial charge in [-0.05, 0) is 19.7 Å². The first-order chi connectivity index (χ1) is 7.77. The lowest BCUT2D eigenvalue weighted by Crippen LogP contribution is -2.47. The standard InChI is InChI=1S/C12H27N3S/c1-4-12(11-16-3)14(2)9-10-15-7-5-13-6-8-15/h12-13H,4-11H2,1-3H3. The first-order valence-corrected chi connectivity index (χ1v) is 7.79. The predicted octanol–water partition coefficient (Wildman–Crippen LogP) is 0.965. The average Bonchev–Trinajstić information content (AvgIpc) is 2.34.